The van der Waals surface area contributed by atoms with Crippen LogP contribution in [0.2, 0.25) is 0 Å². The fourth-order valence-corrected chi connectivity index (χ4v) is 1.55. The van der Waals surface area contributed by atoms with E-state index in [1.54, 1.807) is 42.7 Å². The minimum atomic E-state index is -0.243. The van der Waals surface area contributed by atoms with E-state index in [-0.39, 0.29) is 11.0 Å². The first-order valence-corrected chi connectivity index (χ1v) is 6.06. The second kappa shape index (κ2) is 6.55. The van der Waals surface area contributed by atoms with Crippen molar-refractivity contribution in [2.75, 3.05) is 0 Å². The lowest BCUT2D eigenvalue weighted by Crippen LogP contribution is -2.39. The highest BCUT2D eigenvalue weighted by Gasteiger charge is 2.06. The molecule has 0 saturated carbocycles. The molecule has 1 heterocycles. The largest absolute Gasteiger partial charge is 0.355 e. The van der Waals surface area contributed by atoms with Gasteiger partial charge in [0.1, 0.15) is 5.82 Å². The first-order chi connectivity index (χ1) is 9.25. The lowest BCUT2D eigenvalue weighted by Gasteiger charge is -2.08. The van der Waals surface area contributed by atoms with E-state index in [4.69, 9.17) is 12.2 Å². The third-order valence-electron chi connectivity index (χ3n) is 2.29. The van der Waals surface area contributed by atoms with Gasteiger partial charge in [0.15, 0.2) is 5.11 Å². The van der Waals surface area contributed by atoms with Crippen LogP contribution in [0.1, 0.15) is 16.2 Å². The van der Waals surface area contributed by atoms with E-state index in [1.807, 2.05) is 6.07 Å². The monoisotopic (exact) mass is 272 g/mol. The van der Waals surface area contributed by atoms with E-state index in [1.165, 1.54) is 0 Å². The minimum Gasteiger partial charge on any atom is -0.355 e. The summed E-state index contributed by atoms with van der Waals surface area (Å²) in [5.74, 6) is 0.367. The molecule has 5 nitrogen and oxygen atoms in total. The molecular formula is C13H12N4OS. The van der Waals surface area contributed by atoms with E-state index in [0.29, 0.717) is 17.9 Å². The molecule has 0 aliphatic carbocycles. The average molecular weight is 272 g/mol. The lowest BCUT2D eigenvalue weighted by molar-refractivity contribution is 0.0976. The number of carbonyl (C=O) groups excluding carboxylic acids is 1. The molecule has 1 aromatic carbocycles. The molecule has 96 valence electrons. The quantitative estimate of drug-likeness (QED) is 0.824. The molecule has 0 saturated heterocycles. The van der Waals surface area contributed by atoms with Crippen molar-refractivity contribution in [3.05, 3.63) is 60.2 Å². The fourth-order valence-electron chi connectivity index (χ4n) is 1.39. The molecule has 0 unspecified atom stereocenters. The molecule has 1 amide bonds. The summed E-state index contributed by atoms with van der Waals surface area (Å²) in [5.41, 5.74) is 0.558. The van der Waals surface area contributed by atoms with Gasteiger partial charge < -0.3 is 5.32 Å². The molecular weight excluding hydrogens is 260 g/mol. The van der Waals surface area contributed by atoms with E-state index < -0.39 is 0 Å². The molecule has 19 heavy (non-hydrogen) atoms. The van der Waals surface area contributed by atoms with Crippen molar-refractivity contribution in [2.45, 2.75) is 6.54 Å². The average Bonchev–Trinajstić information content (AvgIpc) is 2.47. The van der Waals surface area contributed by atoms with Gasteiger partial charge in [-0.15, -0.1) is 0 Å². The van der Waals surface area contributed by atoms with Crippen molar-refractivity contribution in [1.82, 2.24) is 20.6 Å². The van der Waals surface area contributed by atoms with Crippen LogP contribution in [0.3, 0.4) is 0 Å². The molecule has 0 aliphatic heterocycles. The smallest absolute Gasteiger partial charge is 0.257 e. The highest BCUT2D eigenvalue weighted by atomic mass is 32.1. The zero-order chi connectivity index (χ0) is 13.5. The summed E-state index contributed by atoms with van der Waals surface area (Å²) in [7, 11) is 0. The second-order valence-corrected chi connectivity index (χ2v) is 4.08. The van der Waals surface area contributed by atoms with Crippen molar-refractivity contribution in [3.8, 4) is 0 Å². The van der Waals surface area contributed by atoms with Crippen molar-refractivity contribution >= 4 is 23.2 Å². The second-order valence-electron chi connectivity index (χ2n) is 3.67. The number of nitrogens with one attached hydrogen (secondary N) is 2. The van der Waals surface area contributed by atoms with Gasteiger partial charge in [-0.05, 0) is 30.4 Å². The third kappa shape index (κ3) is 4.11. The van der Waals surface area contributed by atoms with Gasteiger partial charge in [-0.3, -0.25) is 10.1 Å². The summed E-state index contributed by atoms with van der Waals surface area (Å²) in [6.07, 6.45) is 3.30. The SMILES string of the molecule is O=C(NC(=S)NCc1ncccn1)c1ccccc1. The van der Waals surface area contributed by atoms with Gasteiger partial charge in [0.25, 0.3) is 5.91 Å². The van der Waals surface area contributed by atoms with Crippen molar-refractivity contribution in [2.24, 2.45) is 0 Å². The zero-order valence-corrected chi connectivity index (χ0v) is 10.9. The molecule has 6 heteroatoms. The molecule has 0 spiro atoms. The van der Waals surface area contributed by atoms with Crippen LogP contribution in [0, 0.1) is 0 Å². The van der Waals surface area contributed by atoms with Crippen LogP contribution in [0.5, 0.6) is 0 Å². The van der Waals surface area contributed by atoms with Crippen LogP contribution < -0.4 is 10.6 Å². The Labute approximate surface area is 116 Å². The Bertz CT molecular complexity index is 559. The van der Waals surface area contributed by atoms with E-state index in [0.717, 1.165) is 0 Å². The Morgan fingerprint density at radius 2 is 1.79 bits per heavy atom. The maximum Gasteiger partial charge on any atom is 0.257 e. The number of hydrogen-bond donors (Lipinski definition) is 2. The van der Waals surface area contributed by atoms with Crippen molar-refractivity contribution in [1.29, 1.82) is 0 Å². The molecule has 0 fully saturated rings. The Hall–Kier alpha value is -2.34. The van der Waals surface area contributed by atoms with Gasteiger partial charge >= 0.3 is 0 Å². The summed E-state index contributed by atoms with van der Waals surface area (Å²) in [6, 6.07) is 10.6. The summed E-state index contributed by atoms with van der Waals surface area (Å²) >= 11 is 5.03. The van der Waals surface area contributed by atoms with E-state index in [9.17, 15) is 4.79 Å². The van der Waals surface area contributed by atoms with Gasteiger partial charge in [-0.2, -0.15) is 0 Å². The number of thiocarbonyl (C=S) groups is 1. The van der Waals surface area contributed by atoms with Crippen LogP contribution in [0.15, 0.2) is 48.8 Å². The van der Waals surface area contributed by atoms with Crippen LogP contribution >= 0.6 is 12.2 Å². The minimum absolute atomic E-state index is 0.243. The Kier molecular flexibility index (Phi) is 4.52. The van der Waals surface area contributed by atoms with Gasteiger partial charge in [-0.1, -0.05) is 18.2 Å². The molecule has 0 bridgehead atoms. The maximum absolute atomic E-state index is 11.8. The Balaban J connectivity index is 1.83. The van der Waals surface area contributed by atoms with Crippen LogP contribution in [-0.2, 0) is 6.54 Å². The highest BCUT2D eigenvalue weighted by molar-refractivity contribution is 7.80. The number of aromatic nitrogens is 2. The van der Waals surface area contributed by atoms with Gasteiger partial charge in [0.05, 0.1) is 6.54 Å². The molecule has 2 aromatic rings. The Morgan fingerprint density at radius 3 is 2.47 bits per heavy atom. The van der Waals surface area contributed by atoms with Gasteiger partial charge in [0.2, 0.25) is 0 Å². The summed E-state index contributed by atoms with van der Waals surface area (Å²) in [4.78, 5) is 19.9. The predicted octanol–water partition coefficient (Wildman–Crippen LogP) is 1.28. The first-order valence-electron chi connectivity index (χ1n) is 5.66. The maximum atomic E-state index is 11.8. The van der Waals surface area contributed by atoms with Crippen LogP contribution in [-0.4, -0.2) is 21.0 Å². The standard InChI is InChI=1S/C13H12N4OS/c18-12(10-5-2-1-3-6-10)17-13(19)16-9-11-14-7-4-8-15-11/h1-8H,9H2,(H2,16,17,18,19). The number of rotatable bonds is 3. The van der Waals surface area contributed by atoms with Crippen LogP contribution in [0.4, 0.5) is 0 Å². The van der Waals surface area contributed by atoms with Crippen LogP contribution in [0.25, 0.3) is 0 Å². The number of benzene rings is 1. The van der Waals surface area contributed by atoms with Gasteiger partial charge in [-0.25, -0.2) is 9.97 Å². The molecule has 1 aromatic heterocycles. The van der Waals surface area contributed by atoms with Crippen molar-refractivity contribution in [3.63, 3.8) is 0 Å². The lowest BCUT2D eigenvalue weighted by atomic mass is 10.2. The molecule has 2 N–H and O–H groups in total. The molecule has 0 atom stereocenters. The number of carbonyl (C=O) groups is 1. The molecule has 2 rings (SSSR count). The first kappa shape index (κ1) is 13.1. The van der Waals surface area contributed by atoms with E-state index in [2.05, 4.69) is 20.6 Å². The highest BCUT2D eigenvalue weighted by Crippen LogP contribution is 1.97. The number of nitrogens with zero attached hydrogens (tertiary/aromatic N) is 2. The zero-order valence-electron chi connectivity index (χ0n) is 10.0. The topological polar surface area (TPSA) is 66.9 Å². The number of amides is 1. The summed E-state index contributed by atoms with van der Waals surface area (Å²) in [5, 5.41) is 5.72. The Morgan fingerprint density at radius 1 is 1.11 bits per heavy atom. The van der Waals surface area contributed by atoms with Crippen molar-refractivity contribution < 1.29 is 4.79 Å². The number of hydrogen-bond acceptors (Lipinski definition) is 4. The third-order valence-corrected chi connectivity index (χ3v) is 2.54. The molecule has 0 radical (unpaired) electrons. The molecule has 0 aliphatic rings. The van der Waals surface area contributed by atoms with Gasteiger partial charge in [0, 0.05) is 18.0 Å². The van der Waals surface area contributed by atoms with E-state index >= 15 is 0 Å². The predicted molar refractivity (Wildman–Crippen MR) is 75.4 cm³/mol. The summed E-state index contributed by atoms with van der Waals surface area (Å²) in [6.45, 7) is 0.370. The summed E-state index contributed by atoms with van der Waals surface area (Å²) < 4.78 is 0. The normalized spacial score (nSPS) is 9.68. The fraction of sp³-hybridized carbons (Fsp3) is 0.0769.